The average Bonchev–Trinajstić information content (AvgIpc) is 2.46. The van der Waals surface area contributed by atoms with Gasteiger partial charge >= 0.3 is 0 Å². The Morgan fingerprint density at radius 1 is 1.16 bits per heavy atom. The van der Waals surface area contributed by atoms with Crippen LogP contribution in [-0.4, -0.2) is 41.2 Å². The predicted octanol–water partition coefficient (Wildman–Crippen LogP) is 0.170. The molecule has 5 heteroatoms. The number of benzene rings is 1. The molecule has 6 atom stereocenters. The van der Waals surface area contributed by atoms with Crippen molar-refractivity contribution >= 4 is 0 Å². The molecule has 5 nitrogen and oxygen atoms in total. The van der Waals surface area contributed by atoms with Gasteiger partial charge in [0.15, 0.2) is 6.29 Å². The molecule has 2 aliphatic rings. The van der Waals surface area contributed by atoms with E-state index in [1.165, 1.54) is 0 Å². The van der Waals surface area contributed by atoms with Crippen LogP contribution >= 0.6 is 0 Å². The first kappa shape index (κ1) is 13.0. The smallest absolute Gasteiger partial charge is 0.184 e. The van der Waals surface area contributed by atoms with Gasteiger partial charge in [0.2, 0.25) is 0 Å². The first-order valence-corrected chi connectivity index (χ1v) is 6.60. The van der Waals surface area contributed by atoms with Crippen molar-refractivity contribution in [2.75, 3.05) is 6.61 Å². The van der Waals surface area contributed by atoms with Crippen LogP contribution in [0, 0.1) is 5.92 Å². The fourth-order valence-corrected chi connectivity index (χ4v) is 2.86. The lowest BCUT2D eigenvalue weighted by molar-refractivity contribution is -0.279. The van der Waals surface area contributed by atoms with Gasteiger partial charge in [0.05, 0.1) is 31.0 Å². The summed E-state index contributed by atoms with van der Waals surface area (Å²) in [5.41, 5.74) is 6.72. The molecule has 0 amide bonds. The molecule has 1 aliphatic carbocycles. The molecule has 1 heterocycles. The van der Waals surface area contributed by atoms with Crippen LogP contribution in [0.3, 0.4) is 0 Å². The summed E-state index contributed by atoms with van der Waals surface area (Å²) in [6.45, 7) is 0.463. The van der Waals surface area contributed by atoms with E-state index in [0.717, 1.165) is 5.56 Å². The van der Waals surface area contributed by atoms with Gasteiger partial charge in [-0.25, -0.2) is 0 Å². The second-order valence-corrected chi connectivity index (χ2v) is 5.31. The van der Waals surface area contributed by atoms with Crippen molar-refractivity contribution in [2.45, 2.75) is 37.1 Å². The number of ether oxygens (including phenoxy) is 2. The molecule has 0 bridgehead atoms. The van der Waals surface area contributed by atoms with E-state index in [9.17, 15) is 10.2 Å². The van der Waals surface area contributed by atoms with E-state index in [1.54, 1.807) is 0 Å². The monoisotopic (exact) mass is 265 g/mol. The minimum absolute atomic E-state index is 0.00948. The Morgan fingerprint density at radius 2 is 1.89 bits per heavy atom. The summed E-state index contributed by atoms with van der Waals surface area (Å²) in [6, 6.07) is 8.96. The molecule has 2 fully saturated rings. The molecule has 1 aromatic rings. The lowest BCUT2D eigenvalue weighted by Crippen LogP contribution is -2.60. The van der Waals surface area contributed by atoms with Crippen LogP contribution < -0.4 is 5.73 Å². The summed E-state index contributed by atoms with van der Waals surface area (Å²) >= 11 is 0. The van der Waals surface area contributed by atoms with Gasteiger partial charge < -0.3 is 25.4 Å². The van der Waals surface area contributed by atoms with Crippen molar-refractivity contribution < 1.29 is 19.7 Å². The highest BCUT2D eigenvalue weighted by atomic mass is 16.7. The molecule has 1 saturated heterocycles. The van der Waals surface area contributed by atoms with Crippen molar-refractivity contribution in [3.8, 4) is 0 Å². The number of hydrogen-bond acceptors (Lipinski definition) is 5. The largest absolute Gasteiger partial charge is 0.391 e. The van der Waals surface area contributed by atoms with E-state index < -0.39 is 24.5 Å². The van der Waals surface area contributed by atoms with Crippen molar-refractivity contribution in [2.24, 2.45) is 11.7 Å². The van der Waals surface area contributed by atoms with E-state index in [4.69, 9.17) is 15.2 Å². The van der Waals surface area contributed by atoms with Crippen LogP contribution in [-0.2, 0) is 9.47 Å². The summed E-state index contributed by atoms with van der Waals surface area (Å²) in [5, 5.41) is 19.9. The van der Waals surface area contributed by atoms with Gasteiger partial charge in [-0.2, -0.15) is 0 Å². The molecule has 0 radical (unpaired) electrons. The Hall–Kier alpha value is -0.980. The highest BCUT2D eigenvalue weighted by Crippen LogP contribution is 2.36. The number of fused-ring (bicyclic) bond motifs is 1. The van der Waals surface area contributed by atoms with Gasteiger partial charge in [0, 0.05) is 11.5 Å². The third-order valence-corrected chi connectivity index (χ3v) is 4.00. The molecule has 4 N–H and O–H groups in total. The maximum atomic E-state index is 10.1. The van der Waals surface area contributed by atoms with Crippen LogP contribution in [0.2, 0.25) is 0 Å². The van der Waals surface area contributed by atoms with Gasteiger partial charge in [-0.15, -0.1) is 0 Å². The zero-order valence-electron chi connectivity index (χ0n) is 10.6. The van der Waals surface area contributed by atoms with Gasteiger partial charge in [0.1, 0.15) is 0 Å². The molecule has 104 valence electrons. The van der Waals surface area contributed by atoms with Gasteiger partial charge in [0.25, 0.3) is 0 Å². The van der Waals surface area contributed by atoms with Crippen LogP contribution in [0.1, 0.15) is 18.3 Å². The molecule has 1 saturated carbocycles. The molecule has 19 heavy (non-hydrogen) atoms. The molecule has 0 spiro atoms. The number of rotatable bonds is 1. The molecule has 1 aromatic carbocycles. The van der Waals surface area contributed by atoms with Crippen LogP contribution in [0.5, 0.6) is 0 Å². The predicted molar refractivity (Wildman–Crippen MR) is 68.1 cm³/mol. The van der Waals surface area contributed by atoms with E-state index in [-0.39, 0.29) is 12.0 Å². The normalized spacial score (nSPS) is 42.7. The highest BCUT2D eigenvalue weighted by Gasteiger charge is 2.46. The molecule has 1 aliphatic heterocycles. The molecule has 0 aromatic heterocycles. The van der Waals surface area contributed by atoms with Gasteiger partial charge in [-0.3, -0.25) is 0 Å². The lowest BCUT2D eigenvalue weighted by Gasteiger charge is -2.45. The summed E-state index contributed by atoms with van der Waals surface area (Å²) < 4.78 is 11.5. The van der Waals surface area contributed by atoms with Crippen molar-refractivity contribution in [3.05, 3.63) is 35.9 Å². The average molecular weight is 265 g/mol. The number of hydrogen-bond donors (Lipinski definition) is 3. The number of nitrogens with two attached hydrogens (primary N) is 1. The van der Waals surface area contributed by atoms with Crippen LogP contribution in [0.25, 0.3) is 0 Å². The van der Waals surface area contributed by atoms with E-state index >= 15 is 0 Å². The van der Waals surface area contributed by atoms with Gasteiger partial charge in [-0.1, -0.05) is 30.3 Å². The molecular formula is C14H19NO4. The van der Waals surface area contributed by atoms with Crippen molar-refractivity contribution in [1.29, 1.82) is 0 Å². The zero-order chi connectivity index (χ0) is 13.4. The van der Waals surface area contributed by atoms with Crippen LogP contribution in [0.4, 0.5) is 0 Å². The number of aliphatic hydroxyl groups is 2. The minimum Gasteiger partial charge on any atom is -0.391 e. The Bertz CT molecular complexity index is 425. The molecular weight excluding hydrogens is 246 g/mol. The van der Waals surface area contributed by atoms with Gasteiger partial charge in [-0.05, 0) is 6.42 Å². The fourth-order valence-electron chi connectivity index (χ4n) is 2.86. The van der Waals surface area contributed by atoms with Crippen LogP contribution in [0.15, 0.2) is 30.3 Å². The van der Waals surface area contributed by atoms with Crippen molar-refractivity contribution in [1.82, 2.24) is 0 Å². The molecule has 6 unspecified atom stereocenters. The first-order chi connectivity index (χ1) is 9.16. The zero-order valence-corrected chi connectivity index (χ0v) is 10.6. The second kappa shape index (κ2) is 5.19. The summed E-state index contributed by atoms with van der Waals surface area (Å²) in [4.78, 5) is 0. The number of aliphatic hydroxyl groups excluding tert-OH is 2. The first-order valence-electron chi connectivity index (χ1n) is 6.60. The quantitative estimate of drug-likeness (QED) is 0.674. The Morgan fingerprint density at radius 3 is 2.63 bits per heavy atom. The highest BCUT2D eigenvalue weighted by molar-refractivity contribution is 5.16. The fraction of sp³-hybridized carbons (Fsp3) is 0.571. The van der Waals surface area contributed by atoms with E-state index in [0.29, 0.717) is 13.0 Å². The summed E-state index contributed by atoms with van der Waals surface area (Å²) in [6.07, 6.45) is -1.90. The van der Waals surface area contributed by atoms with Crippen molar-refractivity contribution in [3.63, 3.8) is 0 Å². The second-order valence-electron chi connectivity index (χ2n) is 5.31. The molecule has 3 rings (SSSR count). The Kier molecular flexibility index (Phi) is 3.56. The summed E-state index contributed by atoms with van der Waals surface area (Å²) in [7, 11) is 0. The van der Waals surface area contributed by atoms with E-state index in [1.807, 2.05) is 30.3 Å². The Balaban J connectivity index is 1.75. The third kappa shape index (κ3) is 2.40. The van der Waals surface area contributed by atoms with E-state index in [2.05, 4.69) is 0 Å². The third-order valence-electron chi connectivity index (χ3n) is 4.00. The topological polar surface area (TPSA) is 84.9 Å². The minimum atomic E-state index is -0.858. The Labute approximate surface area is 111 Å². The summed E-state index contributed by atoms with van der Waals surface area (Å²) in [5.74, 6) is -0.00948. The standard InChI is InChI=1S/C14H19NO4/c15-11-10(16)6-9-7-18-14(19-13(9)12(11)17)8-4-2-1-3-5-8/h1-5,9-14,16-17H,6-7,15H2. The lowest BCUT2D eigenvalue weighted by atomic mass is 9.79. The maximum Gasteiger partial charge on any atom is 0.184 e. The SMILES string of the molecule is NC1C(O)CC2COC(c3ccccc3)OC2C1O. The maximum absolute atomic E-state index is 10.1.